The van der Waals surface area contributed by atoms with Crippen molar-refractivity contribution in [2.45, 2.75) is 56.7 Å². The molecule has 4 heterocycles. The molecule has 3 aromatic rings. The number of aromatic amines is 1. The Morgan fingerprint density at radius 1 is 0.967 bits per heavy atom. The molecule has 1 saturated carbocycles. The van der Waals surface area contributed by atoms with Crippen LogP contribution in [0.25, 0.3) is 22.2 Å². The molecular formula is C23H29ClN6. The molecular weight excluding hydrogens is 396 g/mol. The Kier molecular flexibility index (Phi) is 5.88. The largest absolute Gasteiger partial charge is 0.367 e. The van der Waals surface area contributed by atoms with Crippen LogP contribution in [0.2, 0.25) is 5.15 Å². The Hall–Kier alpha value is -2.15. The van der Waals surface area contributed by atoms with Gasteiger partial charge in [-0.3, -0.25) is 0 Å². The van der Waals surface area contributed by atoms with Crippen LogP contribution in [0.1, 0.15) is 38.5 Å². The van der Waals surface area contributed by atoms with Crippen molar-refractivity contribution in [3.63, 3.8) is 0 Å². The SMILES string of the molecule is Clc1cc(-c2c[nH]c3ncccc23)cc(N[C@H]2CC[C@H](NC3CCNCC3)CC2)n1. The molecule has 0 atom stereocenters. The van der Waals surface area contributed by atoms with Crippen molar-refractivity contribution in [2.75, 3.05) is 18.4 Å². The van der Waals surface area contributed by atoms with Crippen LogP contribution in [-0.2, 0) is 0 Å². The molecule has 158 valence electrons. The van der Waals surface area contributed by atoms with E-state index in [1.165, 1.54) is 25.7 Å². The fourth-order valence-corrected chi connectivity index (χ4v) is 5.07. The first-order chi connectivity index (χ1) is 14.7. The van der Waals surface area contributed by atoms with Crippen molar-refractivity contribution in [2.24, 2.45) is 0 Å². The van der Waals surface area contributed by atoms with Gasteiger partial charge in [-0.05, 0) is 81.4 Å². The number of nitrogens with one attached hydrogen (secondary N) is 4. The summed E-state index contributed by atoms with van der Waals surface area (Å²) in [5.74, 6) is 0.852. The van der Waals surface area contributed by atoms with Crippen LogP contribution >= 0.6 is 11.6 Å². The van der Waals surface area contributed by atoms with Gasteiger partial charge in [-0.1, -0.05) is 11.6 Å². The molecule has 3 aromatic heterocycles. The lowest BCUT2D eigenvalue weighted by Crippen LogP contribution is -2.46. The van der Waals surface area contributed by atoms with E-state index in [-0.39, 0.29) is 0 Å². The normalized spacial score (nSPS) is 23.0. The third kappa shape index (κ3) is 4.46. The quantitative estimate of drug-likeness (QED) is 0.458. The maximum Gasteiger partial charge on any atom is 0.137 e. The van der Waals surface area contributed by atoms with Gasteiger partial charge in [-0.15, -0.1) is 0 Å². The zero-order valence-electron chi connectivity index (χ0n) is 17.1. The zero-order valence-corrected chi connectivity index (χ0v) is 17.9. The second-order valence-corrected chi connectivity index (χ2v) is 8.94. The predicted octanol–water partition coefficient (Wildman–Crippen LogP) is 4.34. The Morgan fingerprint density at radius 3 is 2.57 bits per heavy atom. The number of H-pyrrole nitrogens is 1. The van der Waals surface area contributed by atoms with Gasteiger partial charge in [0, 0.05) is 41.5 Å². The molecule has 0 unspecified atom stereocenters. The number of hydrogen-bond donors (Lipinski definition) is 4. The zero-order chi connectivity index (χ0) is 20.3. The van der Waals surface area contributed by atoms with Crippen LogP contribution in [0.4, 0.5) is 5.82 Å². The van der Waals surface area contributed by atoms with E-state index >= 15 is 0 Å². The van der Waals surface area contributed by atoms with Crippen molar-refractivity contribution in [1.29, 1.82) is 0 Å². The van der Waals surface area contributed by atoms with Gasteiger partial charge in [-0.25, -0.2) is 9.97 Å². The molecule has 1 saturated heterocycles. The minimum absolute atomic E-state index is 0.444. The second-order valence-electron chi connectivity index (χ2n) is 8.55. The average Bonchev–Trinajstić information content (AvgIpc) is 3.20. The van der Waals surface area contributed by atoms with E-state index in [1.54, 1.807) is 6.20 Å². The van der Waals surface area contributed by atoms with Gasteiger partial charge < -0.3 is 20.9 Å². The minimum Gasteiger partial charge on any atom is -0.367 e. The fraction of sp³-hybridized carbons (Fsp3) is 0.478. The number of nitrogens with zero attached hydrogens (tertiary/aromatic N) is 2. The van der Waals surface area contributed by atoms with Crippen LogP contribution in [0.5, 0.6) is 0 Å². The van der Waals surface area contributed by atoms with Crippen molar-refractivity contribution in [3.05, 3.63) is 41.8 Å². The van der Waals surface area contributed by atoms with Gasteiger partial charge in [0.15, 0.2) is 0 Å². The van der Waals surface area contributed by atoms with E-state index in [0.717, 1.165) is 53.9 Å². The van der Waals surface area contributed by atoms with Crippen LogP contribution in [0.3, 0.4) is 0 Å². The molecule has 0 spiro atoms. The van der Waals surface area contributed by atoms with Gasteiger partial charge in [0.1, 0.15) is 16.6 Å². The Bertz CT molecular complexity index is 988. The third-order valence-corrected chi connectivity index (χ3v) is 6.64. The van der Waals surface area contributed by atoms with Gasteiger partial charge >= 0.3 is 0 Å². The van der Waals surface area contributed by atoms with Crippen LogP contribution in [0, 0.1) is 0 Å². The summed E-state index contributed by atoms with van der Waals surface area (Å²) in [6.07, 6.45) is 11.0. The van der Waals surface area contributed by atoms with E-state index in [2.05, 4.69) is 43.0 Å². The third-order valence-electron chi connectivity index (χ3n) is 6.45. The maximum atomic E-state index is 6.38. The first kappa shape index (κ1) is 19.8. The van der Waals surface area contributed by atoms with Crippen molar-refractivity contribution in [3.8, 4) is 11.1 Å². The van der Waals surface area contributed by atoms with E-state index < -0.39 is 0 Å². The molecule has 0 radical (unpaired) electrons. The smallest absolute Gasteiger partial charge is 0.137 e. The number of aromatic nitrogens is 3. The standard InChI is InChI=1S/C23H29ClN6/c24-21-12-15(20-14-27-23-19(20)2-1-9-26-23)13-22(30-21)29-17-5-3-16(4-6-17)28-18-7-10-25-11-8-18/h1-2,9,12-14,16-18,25,28H,3-8,10-11H2,(H,26,27)(H,29,30)/t16-,17-. The number of hydrogen-bond acceptors (Lipinski definition) is 5. The molecule has 5 rings (SSSR count). The monoisotopic (exact) mass is 424 g/mol. The molecule has 2 aliphatic rings. The lowest BCUT2D eigenvalue weighted by molar-refractivity contribution is 0.289. The van der Waals surface area contributed by atoms with E-state index in [9.17, 15) is 0 Å². The summed E-state index contributed by atoms with van der Waals surface area (Å²) in [5, 5.41) is 12.6. The molecule has 1 aliphatic carbocycles. The maximum absolute atomic E-state index is 6.38. The molecule has 2 fully saturated rings. The van der Waals surface area contributed by atoms with E-state index in [1.807, 2.05) is 18.3 Å². The molecule has 0 bridgehead atoms. The van der Waals surface area contributed by atoms with Gasteiger partial charge in [0.25, 0.3) is 0 Å². The first-order valence-electron chi connectivity index (χ1n) is 11.1. The number of anilines is 1. The highest BCUT2D eigenvalue weighted by Gasteiger charge is 2.24. The highest BCUT2D eigenvalue weighted by molar-refractivity contribution is 6.29. The second kappa shape index (κ2) is 8.92. The molecule has 0 amide bonds. The topological polar surface area (TPSA) is 77.7 Å². The Labute approximate surface area is 182 Å². The first-order valence-corrected chi connectivity index (χ1v) is 11.5. The summed E-state index contributed by atoms with van der Waals surface area (Å²) < 4.78 is 0. The van der Waals surface area contributed by atoms with Crippen LogP contribution < -0.4 is 16.0 Å². The summed E-state index contributed by atoms with van der Waals surface area (Å²) >= 11 is 6.38. The molecule has 4 N–H and O–H groups in total. The molecule has 1 aliphatic heterocycles. The highest BCUT2D eigenvalue weighted by Crippen LogP contribution is 2.31. The predicted molar refractivity (Wildman–Crippen MR) is 123 cm³/mol. The summed E-state index contributed by atoms with van der Waals surface area (Å²) in [5.41, 5.74) is 3.04. The minimum atomic E-state index is 0.444. The summed E-state index contributed by atoms with van der Waals surface area (Å²) in [4.78, 5) is 12.2. The van der Waals surface area contributed by atoms with Crippen molar-refractivity contribution < 1.29 is 0 Å². The van der Waals surface area contributed by atoms with E-state index in [0.29, 0.717) is 23.3 Å². The summed E-state index contributed by atoms with van der Waals surface area (Å²) in [6, 6.07) is 9.82. The molecule has 7 heteroatoms. The van der Waals surface area contributed by atoms with Crippen molar-refractivity contribution in [1.82, 2.24) is 25.6 Å². The van der Waals surface area contributed by atoms with Gasteiger partial charge in [-0.2, -0.15) is 0 Å². The van der Waals surface area contributed by atoms with Crippen molar-refractivity contribution >= 4 is 28.5 Å². The van der Waals surface area contributed by atoms with Crippen LogP contribution in [-0.4, -0.2) is 46.2 Å². The number of pyridine rings is 2. The average molecular weight is 425 g/mol. The van der Waals surface area contributed by atoms with Crippen LogP contribution in [0.15, 0.2) is 36.7 Å². The Balaban J connectivity index is 1.24. The molecule has 0 aromatic carbocycles. The summed E-state index contributed by atoms with van der Waals surface area (Å²) in [7, 11) is 0. The molecule has 6 nitrogen and oxygen atoms in total. The lowest BCUT2D eigenvalue weighted by Gasteiger charge is -2.34. The fourth-order valence-electron chi connectivity index (χ4n) is 4.86. The summed E-state index contributed by atoms with van der Waals surface area (Å²) in [6.45, 7) is 2.29. The highest BCUT2D eigenvalue weighted by atomic mass is 35.5. The Morgan fingerprint density at radius 2 is 1.73 bits per heavy atom. The van der Waals surface area contributed by atoms with E-state index in [4.69, 9.17) is 11.6 Å². The lowest BCUT2D eigenvalue weighted by atomic mass is 9.90. The number of halogens is 1. The van der Waals surface area contributed by atoms with Gasteiger partial charge in [0.05, 0.1) is 0 Å². The number of piperidine rings is 1. The van der Waals surface area contributed by atoms with Gasteiger partial charge in [0.2, 0.25) is 0 Å². The number of rotatable bonds is 5. The molecule has 30 heavy (non-hydrogen) atoms. The number of fused-ring (bicyclic) bond motifs is 1.